The number of hydrogen-bond acceptors (Lipinski definition) is 5. The molecule has 0 amide bonds. The summed E-state index contributed by atoms with van der Waals surface area (Å²) >= 11 is 0. The maximum absolute atomic E-state index is 6.87. The predicted molar refractivity (Wildman–Crippen MR) is 223 cm³/mol. The van der Waals surface area contributed by atoms with Crippen molar-refractivity contribution in [2.45, 2.75) is 0 Å². The van der Waals surface area contributed by atoms with Crippen molar-refractivity contribution in [2.75, 3.05) is 0 Å². The molecule has 0 radical (unpaired) electrons. The van der Waals surface area contributed by atoms with Crippen LogP contribution >= 0.6 is 0 Å². The first-order valence-corrected chi connectivity index (χ1v) is 18.3. The summed E-state index contributed by atoms with van der Waals surface area (Å²) in [7, 11) is 0. The van der Waals surface area contributed by atoms with E-state index in [2.05, 4.69) is 131 Å². The standard InChI is InChI=1S/C50H32N4O/c1-3-13-36(14-4-1)46-47-48(54-41-18-8-7-17-40(41)50(47)55-49(46)38-15-5-2-6-16-38)37-27-25-34(26-28-37)33-21-23-35(24-22-33)39-31-44(42-19-9-11-29-51-42)53-45(32-39)43-20-10-12-30-52-43/h1-32H. The lowest BCUT2D eigenvalue weighted by molar-refractivity contribution is 0.636. The molecule has 258 valence electrons. The number of rotatable bonds is 7. The van der Waals surface area contributed by atoms with Gasteiger partial charge in [-0.25, -0.2) is 9.97 Å². The van der Waals surface area contributed by atoms with Gasteiger partial charge >= 0.3 is 0 Å². The Morgan fingerprint density at radius 3 is 1.45 bits per heavy atom. The second-order valence-corrected chi connectivity index (χ2v) is 13.4. The molecule has 0 fully saturated rings. The van der Waals surface area contributed by atoms with Crippen LogP contribution in [0.15, 0.2) is 199 Å². The third-order valence-electron chi connectivity index (χ3n) is 10.0. The zero-order chi connectivity index (χ0) is 36.6. The van der Waals surface area contributed by atoms with Crippen LogP contribution in [0.5, 0.6) is 0 Å². The highest BCUT2D eigenvalue weighted by atomic mass is 16.3. The molecule has 10 aromatic rings. The molecule has 0 bridgehead atoms. The number of benzene rings is 5. The third-order valence-corrected chi connectivity index (χ3v) is 10.0. The van der Waals surface area contributed by atoms with E-state index >= 15 is 0 Å². The number of nitrogens with zero attached hydrogens (tertiary/aromatic N) is 4. The molecule has 0 aliphatic carbocycles. The highest BCUT2D eigenvalue weighted by Gasteiger charge is 2.24. The zero-order valence-electron chi connectivity index (χ0n) is 29.7. The van der Waals surface area contributed by atoms with E-state index in [0.717, 1.165) is 101 Å². The molecule has 0 spiro atoms. The molecule has 0 unspecified atom stereocenters. The lowest BCUT2D eigenvalue weighted by Crippen LogP contribution is -1.94. The lowest BCUT2D eigenvalue weighted by atomic mass is 9.94. The van der Waals surface area contributed by atoms with Gasteiger partial charge in [-0.2, -0.15) is 0 Å². The number of para-hydroxylation sites is 1. The van der Waals surface area contributed by atoms with Crippen molar-refractivity contribution in [2.24, 2.45) is 0 Å². The van der Waals surface area contributed by atoms with Crippen LogP contribution in [-0.2, 0) is 0 Å². The van der Waals surface area contributed by atoms with E-state index in [9.17, 15) is 0 Å². The van der Waals surface area contributed by atoms with Gasteiger partial charge in [-0.15, -0.1) is 0 Å². The SMILES string of the molecule is c1ccc(-c2oc3c(c(-c4ccc(-c5ccc(-c6cc(-c7ccccn7)nc(-c7ccccn7)c6)cc5)cc4)nc4ccccc43)c2-c2ccccc2)cc1. The molecular weight excluding hydrogens is 673 g/mol. The molecule has 55 heavy (non-hydrogen) atoms. The molecule has 0 N–H and O–H groups in total. The smallest absolute Gasteiger partial charge is 0.147 e. The quantitative estimate of drug-likeness (QED) is 0.165. The molecule has 5 heterocycles. The molecule has 0 aliphatic rings. The van der Waals surface area contributed by atoms with Crippen molar-refractivity contribution in [1.29, 1.82) is 0 Å². The summed E-state index contributed by atoms with van der Waals surface area (Å²) < 4.78 is 6.87. The maximum Gasteiger partial charge on any atom is 0.147 e. The molecule has 5 aromatic carbocycles. The number of hydrogen-bond donors (Lipinski definition) is 0. The predicted octanol–water partition coefficient (Wildman–Crippen LogP) is 12.8. The average molecular weight is 705 g/mol. The van der Waals surface area contributed by atoms with E-state index in [0.29, 0.717) is 0 Å². The van der Waals surface area contributed by atoms with Crippen LogP contribution in [0.25, 0.3) is 101 Å². The van der Waals surface area contributed by atoms with Gasteiger partial charge in [-0.1, -0.05) is 133 Å². The lowest BCUT2D eigenvalue weighted by Gasteiger charge is -2.11. The van der Waals surface area contributed by atoms with Crippen LogP contribution in [0.2, 0.25) is 0 Å². The van der Waals surface area contributed by atoms with Gasteiger partial charge < -0.3 is 4.42 Å². The topological polar surface area (TPSA) is 64.7 Å². The molecule has 5 heteroatoms. The Hall–Kier alpha value is -7.50. The van der Waals surface area contributed by atoms with E-state index in [4.69, 9.17) is 14.4 Å². The first kappa shape index (κ1) is 32.2. The minimum atomic E-state index is 0.804. The van der Waals surface area contributed by atoms with Crippen molar-refractivity contribution < 1.29 is 4.42 Å². The van der Waals surface area contributed by atoms with Crippen LogP contribution in [0.1, 0.15) is 0 Å². The Morgan fingerprint density at radius 2 is 0.873 bits per heavy atom. The normalized spacial score (nSPS) is 11.3. The van der Waals surface area contributed by atoms with Crippen LogP contribution < -0.4 is 0 Å². The second-order valence-electron chi connectivity index (χ2n) is 13.4. The Kier molecular flexibility index (Phi) is 8.08. The van der Waals surface area contributed by atoms with Crippen molar-refractivity contribution in [3.05, 3.63) is 194 Å². The molecule has 5 nitrogen and oxygen atoms in total. The van der Waals surface area contributed by atoms with Gasteiger partial charge in [0.25, 0.3) is 0 Å². The molecule has 5 aromatic heterocycles. The van der Waals surface area contributed by atoms with Gasteiger partial charge in [0.05, 0.1) is 39.4 Å². The van der Waals surface area contributed by atoms with Crippen molar-refractivity contribution in [3.8, 4) is 78.7 Å². The second kappa shape index (κ2) is 13.8. The Balaban J connectivity index is 1.05. The largest absolute Gasteiger partial charge is 0.455 e. The summed E-state index contributed by atoms with van der Waals surface area (Å²) in [5.74, 6) is 0.839. The number of fused-ring (bicyclic) bond motifs is 3. The molecular formula is C50H32N4O. The van der Waals surface area contributed by atoms with Crippen LogP contribution in [0.3, 0.4) is 0 Å². The Bertz CT molecular complexity index is 2870. The highest BCUT2D eigenvalue weighted by Crippen LogP contribution is 2.46. The fourth-order valence-electron chi connectivity index (χ4n) is 7.33. The first-order chi connectivity index (χ1) is 27.3. The molecule has 0 atom stereocenters. The number of furan rings is 1. The van der Waals surface area contributed by atoms with Gasteiger partial charge in [0, 0.05) is 34.5 Å². The van der Waals surface area contributed by atoms with Crippen molar-refractivity contribution >= 4 is 21.9 Å². The fourth-order valence-corrected chi connectivity index (χ4v) is 7.33. The summed E-state index contributed by atoms with van der Waals surface area (Å²) in [6, 6.07) is 62.4. The van der Waals surface area contributed by atoms with E-state index < -0.39 is 0 Å². The van der Waals surface area contributed by atoms with Crippen LogP contribution in [-0.4, -0.2) is 19.9 Å². The van der Waals surface area contributed by atoms with Crippen molar-refractivity contribution in [1.82, 2.24) is 19.9 Å². The first-order valence-electron chi connectivity index (χ1n) is 18.3. The number of aromatic nitrogens is 4. The van der Waals surface area contributed by atoms with E-state index in [1.165, 1.54) is 0 Å². The minimum Gasteiger partial charge on any atom is -0.455 e. The summed E-state index contributed by atoms with van der Waals surface area (Å²) in [5.41, 5.74) is 14.4. The Labute approximate surface area is 318 Å². The molecule has 0 saturated carbocycles. The Morgan fingerprint density at radius 1 is 0.364 bits per heavy atom. The van der Waals surface area contributed by atoms with Crippen LogP contribution in [0, 0.1) is 0 Å². The van der Waals surface area contributed by atoms with E-state index in [1.807, 2.05) is 60.7 Å². The fraction of sp³-hybridized carbons (Fsp3) is 0. The highest BCUT2D eigenvalue weighted by molar-refractivity contribution is 6.16. The zero-order valence-corrected chi connectivity index (χ0v) is 29.7. The van der Waals surface area contributed by atoms with Crippen molar-refractivity contribution in [3.63, 3.8) is 0 Å². The van der Waals surface area contributed by atoms with Gasteiger partial charge in [-0.3, -0.25) is 9.97 Å². The van der Waals surface area contributed by atoms with Gasteiger partial charge in [0.2, 0.25) is 0 Å². The summed E-state index contributed by atoms with van der Waals surface area (Å²) in [4.78, 5) is 19.4. The minimum absolute atomic E-state index is 0.804. The van der Waals surface area contributed by atoms with Gasteiger partial charge in [0.1, 0.15) is 11.3 Å². The monoisotopic (exact) mass is 704 g/mol. The van der Waals surface area contributed by atoms with E-state index in [1.54, 1.807) is 12.4 Å². The summed E-state index contributed by atoms with van der Waals surface area (Å²) in [6.45, 7) is 0. The summed E-state index contributed by atoms with van der Waals surface area (Å²) in [5, 5.41) is 2.00. The molecule has 0 aliphatic heterocycles. The van der Waals surface area contributed by atoms with Gasteiger partial charge in [0.15, 0.2) is 0 Å². The third kappa shape index (κ3) is 6.04. The maximum atomic E-state index is 6.87. The van der Waals surface area contributed by atoms with Crippen LogP contribution in [0.4, 0.5) is 0 Å². The summed E-state index contributed by atoms with van der Waals surface area (Å²) in [6.07, 6.45) is 3.59. The average Bonchev–Trinajstić information content (AvgIpc) is 3.69. The molecule has 10 rings (SSSR count). The van der Waals surface area contributed by atoms with Gasteiger partial charge in [-0.05, 0) is 76.3 Å². The number of pyridine rings is 4. The molecule has 0 saturated heterocycles. The van der Waals surface area contributed by atoms with E-state index in [-0.39, 0.29) is 0 Å².